The van der Waals surface area contributed by atoms with E-state index in [1.807, 2.05) is 29.8 Å². The number of hydrogen-bond acceptors (Lipinski definition) is 4. The molecule has 5 heteroatoms. The van der Waals surface area contributed by atoms with Crippen molar-refractivity contribution in [2.45, 2.75) is 25.7 Å². The van der Waals surface area contributed by atoms with Crippen LogP contribution in [0.15, 0.2) is 18.2 Å². The lowest BCUT2D eigenvalue weighted by Gasteiger charge is -2.08. The van der Waals surface area contributed by atoms with Gasteiger partial charge in [-0.15, -0.1) is 5.10 Å². The van der Waals surface area contributed by atoms with Crippen molar-refractivity contribution in [1.29, 1.82) is 0 Å². The fraction of sp³-hybridized carbons (Fsp3) is 0.364. The second-order valence-corrected chi connectivity index (χ2v) is 4.21. The number of benzene rings is 1. The minimum atomic E-state index is 0.524. The van der Waals surface area contributed by atoms with Crippen LogP contribution in [0.5, 0.6) is 0 Å². The lowest BCUT2D eigenvalue weighted by molar-refractivity contribution is 0.759. The van der Waals surface area contributed by atoms with Crippen molar-refractivity contribution in [2.24, 2.45) is 0 Å². The van der Waals surface area contributed by atoms with Crippen molar-refractivity contribution >= 4 is 5.69 Å². The molecule has 0 bridgehead atoms. The molecular formula is C11H13N5. The summed E-state index contributed by atoms with van der Waals surface area (Å²) in [4.78, 5) is 0. The molecule has 0 radical (unpaired) electrons. The molecule has 1 fully saturated rings. The number of aromatic nitrogens is 4. The molecule has 1 aliphatic rings. The molecule has 2 aromatic rings. The highest BCUT2D eigenvalue weighted by Gasteiger charge is 2.30. The van der Waals surface area contributed by atoms with Gasteiger partial charge in [0.2, 0.25) is 0 Å². The second-order valence-electron chi connectivity index (χ2n) is 4.21. The quantitative estimate of drug-likeness (QED) is 0.769. The Morgan fingerprint density at radius 3 is 2.94 bits per heavy atom. The third-order valence-electron chi connectivity index (χ3n) is 3.01. The summed E-state index contributed by atoms with van der Waals surface area (Å²) >= 11 is 0. The summed E-state index contributed by atoms with van der Waals surface area (Å²) < 4.78 is 1.81. The molecule has 16 heavy (non-hydrogen) atoms. The van der Waals surface area contributed by atoms with Gasteiger partial charge in [-0.05, 0) is 47.9 Å². The second kappa shape index (κ2) is 3.30. The van der Waals surface area contributed by atoms with Gasteiger partial charge in [-0.25, -0.2) is 0 Å². The molecular weight excluding hydrogens is 202 g/mol. The first-order chi connectivity index (χ1) is 7.77. The van der Waals surface area contributed by atoms with E-state index in [0.29, 0.717) is 5.92 Å². The predicted molar refractivity (Wildman–Crippen MR) is 60.3 cm³/mol. The highest BCUT2D eigenvalue weighted by atomic mass is 15.5. The lowest BCUT2D eigenvalue weighted by Crippen LogP contribution is -2.05. The average molecular weight is 215 g/mol. The van der Waals surface area contributed by atoms with Gasteiger partial charge < -0.3 is 5.73 Å². The van der Waals surface area contributed by atoms with Gasteiger partial charge in [-0.3, -0.25) is 0 Å². The molecule has 0 spiro atoms. The van der Waals surface area contributed by atoms with E-state index in [-0.39, 0.29) is 0 Å². The number of tetrazole rings is 1. The number of anilines is 1. The maximum absolute atomic E-state index is 5.89. The van der Waals surface area contributed by atoms with Crippen LogP contribution in [0.3, 0.4) is 0 Å². The van der Waals surface area contributed by atoms with E-state index in [9.17, 15) is 0 Å². The number of nitrogens with two attached hydrogens (primary N) is 1. The van der Waals surface area contributed by atoms with Crippen molar-refractivity contribution in [3.05, 3.63) is 29.6 Å². The molecule has 1 saturated carbocycles. The van der Waals surface area contributed by atoms with Gasteiger partial charge in [0, 0.05) is 11.6 Å². The maximum Gasteiger partial charge on any atom is 0.159 e. The largest absolute Gasteiger partial charge is 0.398 e. The SMILES string of the molecule is Cc1c(N)cccc1-n1nnnc1C1CC1. The van der Waals surface area contributed by atoms with E-state index in [1.54, 1.807) is 0 Å². The Bertz CT molecular complexity index is 527. The smallest absolute Gasteiger partial charge is 0.159 e. The molecule has 1 aromatic carbocycles. The van der Waals surface area contributed by atoms with Gasteiger partial charge in [-0.1, -0.05) is 6.07 Å². The van der Waals surface area contributed by atoms with Crippen molar-refractivity contribution in [3.63, 3.8) is 0 Å². The average Bonchev–Trinajstić information content (AvgIpc) is 3.01. The summed E-state index contributed by atoms with van der Waals surface area (Å²) in [5, 5.41) is 11.9. The first-order valence-corrected chi connectivity index (χ1v) is 5.41. The van der Waals surface area contributed by atoms with E-state index in [1.165, 1.54) is 12.8 Å². The number of nitrogen functional groups attached to an aromatic ring is 1. The molecule has 0 aliphatic heterocycles. The molecule has 82 valence electrons. The van der Waals surface area contributed by atoms with E-state index in [4.69, 9.17) is 5.73 Å². The van der Waals surface area contributed by atoms with Crippen LogP contribution >= 0.6 is 0 Å². The zero-order chi connectivity index (χ0) is 11.1. The summed E-state index contributed by atoms with van der Waals surface area (Å²) in [6.45, 7) is 1.99. The van der Waals surface area contributed by atoms with Crippen LogP contribution in [0.25, 0.3) is 5.69 Å². The molecule has 1 heterocycles. The van der Waals surface area contributed by atoms with Crippen LogP contribution in [0, 0.1) is 6.92 Å². The van der Waals surface area contributed by atoms with E-state index in [2.05, 4.69) is 15.5 Å². The molecule has 0 atom stereocenters. The highest BCUT2D eigenvalue weighted by molar-refractivity contribution is 5.56. The van der Waals surface area contributed by atoms with Crippen LogP contribution in [0.4, 0.5) is 5.69 Å². The van der Waals surface area contributed by atoms with Crippen LogP contribution < -0.4 is 5.73 Å². The van der Waals surface area contributed by atoms with Crippen LogP contribution in [0.1, 0.15) is 30.1 Å². The molecule has 5 nitrogen and oxygen atoms in total. The number of nitrogens with zero attached hydrogens (tertiary/aromatic N) is 4. The summed E-state index contributed by atoms with van der Waals surface area (Å²) in [5.74, 6) is 1.48. The van der Waals surface area contributed by atoms with Crippen molar-refractivity contribution in [1.82, 2.24) is 20.2 Å². The standard InChI is InChI=1S/C11H13N5/c1-7-9(12)3-2-4-10(7)16-11(8-5-6-8)13-14-15-16/h2-4,8H,5-6,12H2,1H3. The molecule has 0 amide bonds. The third kappa shape index (κ3) is 1.36. The van der Waals surface area contributed by atoms with E-state index in [0.717, 1.165) is 22.8 Å². The van der Waals surface area contributed by atoms with Crippen molar-refractivity contribution in [2.75, 3.05) is 5.73 Å². The summed E-state index contributed by atoms with van der Waals surface area (Å²) in [6.07, 6.45) is 2.36. The zero-order valence-electron chi connectivity index (χ0n) is 9.09. The molecule has 0 saturated heterocycles. The predicted octanol–water partition coefficient (Wildman–Crippen LogP) is 1.43. The van der Waals surface area contributed by atoms with Crippen LogP contribution in [-0.4, -0.2) is 20.2 Å². The third-order valence-corrected chi connectivity index (χ3v) is 3.01. The monoisotopic (exact) mass is 215 g/mol. The van der Waals surface area contributed by atoms with Crippen LogP contribution in [-0.2, 0) is 0 Å². The Hall–Kier alpha value is -1.91. The van der Waals surface area contributed by atoms with E-state index >= 15 is 0 Å². The highest BCUT2D eigenvalue weighted by Crippen LogP contribution is 2.39. The first kappa shape index (κ1) is 9.33. The molecule has 1 aromatic heterocycles. The van der Waals surface area contributed by atoms with Gasteiger partial charge in [0.1, 0.15) is 0 Å². The first-order valence-electron chi connectivity index (χ1n) is 5.41. The van der Waals surface area contributed by atoms with Gasteiger partial charge in [0.25, 0.3) is 0 Å². The Balaban J connectivity index is 2.14. The minimum Gasteiger partial charge on any atom is -0.398 e. The fourth-order valence-electron chi connectivity index (χ4n) is 1.83. The fourth-order valence-corrected chi connectivity index (χ4v) is 1.83. The lowest BCUT2D eigenvalue weighted by atomic mass is 10.1. The normalized spacial score (nSPS) is 15.3. The van der Waals surface area contributed by atoms with Crippen molar-refractivity contribution < 1.29 is 0 Å². The topological polar surface area (TPSA) is 69.6 Å². The maximum atomic E-state index is 5.89. The van der Waals surface area contributed by atoms with E-state index < -0.39 is 0 Å². The van der Waals surface area contributed by atoms with Gasteiger partial charge in [-0.2, -0.15) is 4.68 Å². The summed E-state index contributed by atoms with van der Waals surface area (Å²) in [6, 6.07) is 5.81. The van der Waals surface area contributed by atoms with Gasteiger partial charge in [0.15, 0.2) is 5.82 Å². The zero-order valence-corrected chi connectivity index (χ0v) is 9.09. The minimum absolute atomic E-state index is 0.524. The van der Waals surface area contributed by atoms with Crippen LogP contribution in [0.2, 0.25) is 0 Å². The Morgan fingerprint density at radius 2 is 2.19 bits per heavy atom. The van der Waals surface area contributed by atoms with Gasteiger partial charge in [0.05, 0.1) is 5.69 Å². The Kier molecular flexibility index (Phi) is 1.92. The Morgan fingerprint density at radius 1 is 1.38 bits per heavy atom. The summed E-state index contributed by atoms with van der Waals surface area (Å²) in [7, 11) is 0. The Labute approximate surface area is 93.3 Å². The molecule has 3 rings (SSSR count). The summed E-state index contributed by atoms with van der Waals surface area (Å²) in [5.41, 5.74) is 8.66. The number of hydrogen-bond donors (Lipinski definition) is 1. The molecule has 2 N–H and O–H groups in total. The molecule has 0 unspecified atom stereocenters. The van der Waals surface area contributed by atoms with Crippen molar-refractivity contribution in [3.8, 4) is 5.69 Å². The number of rotatable bonds is 2. The van der Waals surface area contributed by atoms with Gasteiger partial charge >= 0.3 is 0 Å². The molecule has 1 aliphatic carbocycles.